The van der Waals surface area contributed by atoms with Crippen LogP contribution in [0.15, 0.2) is 41.2 Å². The van der Waals surface area contributed by atoms with E-state index in [2.05, 4.69) is 10.6 Å². The molecule has 29 heavy (non-hydrogen) atoms. The summed E-state index contributed by atoms with van der Waals surface area (Å²) in [6.45, 7) is 5.77. The molecule has 0 bridgehead atoms. The van der Waals surface area contributed by atoms with E-state index in [4.69, 9.17) is 17.0 Å². The lowest BCUT2D eigenvalue weighted by Gasteiger charge is -2.08. The monoisotopic (exact) mass is 430 g/mol. The van der Waals surface area contributed by atoms with Gasteiger partial charge in [-0.05, 0) is 56.8 Å². The number of thiophene rings is 1. The maximum Gasteiger partial charge on any atom is 0.348 e. The highest BCUT2D eigenvalue weighted by atomic mass is 32.1. The molecule has 0 fully saturated rings. The van der Waals surface area contributed by atoms with Crippen molar-refractivity contribution in [3.8, 4) is 5.69 Å². The Hall–Kier alpha value is -2.91. The number of benzene rings is 1. The average Bonchev–Trinajstić information content (AvgIpc) is 3.15. The number of nitrogens with zero attached hydrogens (tertiary/aromatic N) is 2. The summed E-state index contributed by atoms with van der Waals surface area (Å²) in [4.78, 5) is 25.5. The van der Waals surface area contributed by atoms with Crippen LogP contribution in [0, 0.1) is 13.8 Å². The highest BCUT2D eigenvalue weighted by Crippen LogP contribution is 2.27. The third-order valence-electron chi connectivity index (χ3n) is 4.41. The largest absolute Gasteiger partial charge is 0.462 e. The second kappa shape index (κ2) is 8.62. The number of carbonyl (C=O) groups is 1. The van der Waals surface area contributed by atoms with Gasteiger partial charge >= 0.3 is 5.97 Å². The van der Waals surface area contributed by atoms with Gasteiger partial charge in [-0.15, -0.1) is 11.3 Å². The summed E-state index contributed by atoms with van der Waals surface area (Å²) in [7, 11) is 1.82. The second-order valence-corrected chi connectivity index (χ2v) is 7.82. The van der Waals surface area contributed by atoms with Crippen molar-refractivity contribution >= 4 is 45.3 Å². The van der Waals surface area contributed by atoms with Crippen LogP contribution < -0.4 is 16.2 Å². The Labute approximate surface area is 177 Å². The van der Waals surface area contributed by atoms with E-state index in [1.54, 1.807) is 16.3 Å². The summed E-state index contributed by atoms with van der Waals surface area (Å²) >= 11 is 6.65. The number of para-hydroxylation sites is 1. The smallest absolute Gasteiger partial charge is 0.348 e. The van der Waals surface area contributed by atoms with Gasteiger partial charge < -0.3 is 15.4 Å². The molecule has 7 nitrogen and oxygen atoms in total. The molecule has 0 aliphatic rings. The predicted octanol–water partition coefficient (Wildman–Crippen LogP) is 3.84. The van der Waals surface area contributed by atoms with E-state index >= 15 is 0 Å². The topological polar surface area (TPSA) is 77.3 Å². The van der Waals surface area contributed by atoms with E-state index in [-0.39, 0.29) is 16.6 Å². The molecule has 2 heterocycles. The van der Waals surface area contributed by atoms with Gasteiger partial charge in [0, 0.05) is 7.05 Å². The molecular formula is C20H22N4O3S2. The van der Waals surface area contributed by atoms with E-state index < -0.39 is 0 Å². The normalized spacial score (nSPS) is 10.6. The molecule has 2 N–H and O–H groups in total. The first kappa shape index (κ1) is 20.8. The molecule has 0 aliphatic heterocycles. The van der Waals surface area contributed by atoms with Crippen molar-refractivity contribution in [2.75, 3.05) is 17.2 Å². The van der Waals surface area contributed by atoms with Gasteiger partial charge in [0.15, 0.2) is 5.11 Å². The quantitative estimate of drug-likeness (QED) is 0.473. The predicted molar refractivity (Wildman–Crippen MR) is 121 cm³/mol. The van der Waals surface area contributed by atoms with Gasteiger partial charge in [-0.1, -0.05) is 18.2 Å². The van der Waals surface area contributed by atoms with Crippen LogP contribution in [0.4, 0.5) is 10.7 Å². The molecule has 3 aromatic rings. The standard InChI is InChI=1S/C20H22N4O3S2/c1-5-27-19(26)17-12(2)11-15(29-17)21-20(28)22-16-13(3)23(4)24(18(16)25)14-9-7-6-8-10-14/h6-11H,5H2,1-4H3,(H2,21,22,28). The third kappa shape index (κ3) is 4.25. The van der Waals surface area contributed by atoms with Gasteiger partial charge in [-0.2, -0.15) is 0 Å². The van der Waals surface area contributed by atoms with Gasteiger partial charge in [0.2, 0.25) is 0 Å². The summed E-state index contributed by atoms with van der Waals surface area (Å²) in [6.07, 6.45) is 0. The number of anilines is 2. The number of rotatable bonds is 5. The number of aryl methyl sites for hydroxylation is 1. The van der Waals surface area contributed by atoms with Crippen molar-refractivity contribution in [2.24, 2.45) is 7.05 Å². The third-order valence-corrected chi connectivity index (χ3v) is 5.74. The van der Waals surface area contributed by atoms with Crippen LogP contribution in [0.5, 0.6) is 0 Å². The number of ether oxygens (including phenoxy) is 1. The lowest BCUT2D eigenvalue weighted by molar-refractivity contribution is 0.0531. The van der Waals surface area contributed by atoms with Crippen LogP contribution in [-0.2, 0) is 11.8 Å². The Morgan fingerprint density at radius 3 is 2.55 bits per heavy atom. The zero-order chi connectivity index (χ0) is 21.1. The first-order valence-electron chi connectivity index (χ1n) is 9.03. The molecule has 152 valence electrons. The van der Waals surface area contributed by atoms with Gasteiger partial charge in [0.1, 0.15) is 10.6 Å². The number of aromatic nitrogens is 2. The number of nitrogens with one attached hydrogen (secondary N) is 2. The van der Waals surface area contributed by atoms with Crippen LogP contribution in [0.2, 0.25) is 0 Å². The van der Waals surface area contributed by atoms with Crippen molar-refractivity contribution in [3.63, 3.8) is 0 Å². The summed E-state index contributed by atoms with van der Waals surface area (Å²) in [5, 5.41) is 7.01. The summed E-state index contributed by atoms with van der Waals surface area (Å²) in [5.74, 6) is -0.355. The minimum absolute atomic E-state index is 0.199. The Balaban J connectivity index is 1.81. The maximum atomic E-state index is 13.0. The molecule has 3 rings (SSSR count). The molecular weight excluding hydrogens is 408 g/mol. The van der Waals surface area contributed by atoms with Gasteiger partial charge in [0.05, 0.1) is 23.0 Å². The molecule has 0 spiro atoms. The fourth-order valence-corrected chi connectivity index (χ4v) is 4.16. The first-order valence-corrected chi connectivity index (χ1v) is 10.3. The SMILES string of the molecule is CCOC(=O)c1sc(NC(=S)Nc2c(C)n(C)n(-c3ccccc3)c2=O)cc1C. The van der Waals surface area contributed by atoms with Crippen LogP contribution in [0.25, 0.3) is 5.69 Å². The molecule has 2 aromatic heterocycles. The summed E-state index contributed by atoms with van der Waals surface area (Å²) in [6, 6.07) is 11.2. The van der Waals surface area contributed by atoms with E-state index in [0.717, 1.165) is 16.9 Å². The highest BCUT2D eigenvalue weighted by Gasteiger charge is 2.18. The number of thiocarbonyl (C=S) groups is 1. The maximum absolute atomic E-state index is 13.0. The van der Waals surface area contributed by atoms with Crippen molar-refractivity contribution in [1.29, 1.82) is 0 Å². The number of carbonyl (C=O) groups excluding carboxylic acids is 1. The first-order chi connectivity index (χ1) is 13.8. The molecule has 1 aromatic carbocycles. The molecule has 0 aliphatic carbocycles. The van der Waals surface area contributed by atoms with E-state index in [1.807, 2.05) is 57.3 Å². The molecule has 0 saturated heterocycles. The molecule has 0 atom stereocenters. The lowest BCUT2D eigenvalue weighted by Crippen LogP contribution is -2.25. The van der Waals surface area contributed by atoms with Crippen LogP contribution in [0.1, 0.15) is 27.9 Å². The van der Waals surface area contributed by atoms with Crippen molar-refractivity contribution in [1.82, 2.24) is 9.36 Å². The second-order valence-electron chi connectivity index (χ2n) is 6.36. The van der Waals surface area contributed by atoms with E-state index in [9.17, 15) is 9.59 Å². The Morgan fingerprint density at radius 1 is 1.21 bits per heavy atom. The van der Waals surface area contributed by atoms with Gasteiger partial charge in [0.25, 0.3) is 5.56 Å². The Morgan fingerprint density at radius 2 is 1.90 bits per heavy atom. The van der Waals surface area contributed by atoms with Crippen LogP contribution in [0.3, 0.4) is 0 Å². The number of esters is 1. The molecule has 0 amide bonds. The average molecular weight is 431 g/mol. The number of hydrogen-bond acceptors (Lipinski definition) is 5. The van der Waals surface area contributed by atoms with Crippen molar-refractivity contribution in [2.45, 2.75) is 20.8 Å². The Bertz CT molecular complexity index is 1110. The van der Waals surface area contributed by atoms with Crippen LogP contribution in [-0.4, -0.2) is 27.1 Å². The minimum atomic E-state index is -0.355. The van der Waals surface area contributed by atoms with Gasteiger partial charge in [-0.25, -0.2) is 9.48 Å². The summed E-state index contributed by atoms with van der Waals surface area (Å²) in [5.41, 5.74) is 2.52. The Kier molecular flexibility index (Phi) is 6.19. The number of hydrogen-bond donors (Lipinski definition) is 2. The van der Waals surface area contributed by atoms with Crippen molar-refractivity contribution < 1.29 is 9.53 Å². The van der Waals surface area contributed by atoms with Crippen molar-refractivity contribution in [3.05, 3.63) is 62.9 Å². The molecule has 0 unspecified atom stereocenters. The molecule has 0 radical (unpaired) electrons. The fraction of sp³-hybridized carbons (Fsp3) is 0.250. The van der Waals surface area contributed by atoms with Gasteiger partial charge in [-0.3, -0.25) is 9.48 Å². The van der Waals surface area contributed by atoms with Crippen LogP contribution >= 0.6 is 23.6 Å². The molecule has 0 saturated carbocycles. The molecule has 9 heteroatoms. The zero-order valence-electron chi connectivity index (χ0n) is 16.6. The summed E-state index contributed by atoms with van der Waals surface area (Å²) < 4.78 is 8.41. The lowest BCUT2D eigenvalue weighted by atomic mass is 10.3. The highest BCUT2D eigenvalue weighted by molar-refractivity contribution is 7.80. The van der Waals surface area contributed by atoms with E-state index in [0.29, 0.717) is 22.2 Å². The zero-order valence-corrected chi connectivity index (χ0v) is 18.2. The minimum Gasteiger partial charge on any atom is -0.462 e. The fourth-order valence-electron chi connectivity index (χ4n) is 2.91. The van der Waals surface area contributed by atoms with E-state index in [1.165, 1.54) is 11.3 Å².